The van der Waals surface area contributed by atoms with Gasteiger partial charge < -0.3 is 4.57 Å². The maximum atomic E-state index is 2.53. The topological polar surface area (TPSA) is 4.93 Å². The molecule has 6 aromatic carbocycles. The van der Waals surface area contributed by atoms with Crippen molar-refractivity contribution in [2.45, 2.75) is 9.79 Å². The maximum absolute atomic E-state index is 2.53. The Balaban J connectivity index is 1.43. The van der Waals surface area contributed by atoms with Crippen LogP contribution in [0.3, 0.4) is 0 Å². The summed E-state index contributed by atoms with van der Waals surface area (Å²) in [6, 6.07) is 52.4. The summed E-state index contributed by atoms with van der Waals surface area (Å²) < 4.78 is 2.46. The Morgan fingerprint density at radius 3 is 1.62 bits per heavy atom. The first-order chi connectivity index (χ1) is 19.4. The second-order valence-corrected chi connectivity index (χ2v) is 15.2. The summed E-state index contributed by atoms with van der Waals surface area (Å²) in [4.78, 5) is 2.79. The molecule has 9 rings (SSSR count). The SMILES string of the molecule is c1ccc2c(c1)Sc1ccccc1[Si]21c2ccccc2-c2ccc(-n3c4ccccc4c4ccccc43)cc21. The van der Waals surface area contributed by atoms with Crippen molar-refractivity contribution in [2.24, 2.45) is 0 Å². The summed E-state index contributed by atoms with van der Waals surface area (Å²) in [5.41, 5.74) is 6.52. The molecule has 0 bridgehead atoms. The van der Waals surface area contributed by atoms with Gasteiger partial charge in [0.15, 0.2) is 8.07 Å². The highest BCUT2D eigenvalue weighted by Gasteiger charge is 2.52. The van der Waals surface area contributed by atoms with Crippen molar-refractivity contribution in [3.63, 3.8) is 0 Å². The van der Waals surface area contributed by atoms with Crippen LogP contribution in [0, 0.1) is 0 Å². The summed E-state index contributed by atoms with van der Waals surface area (Å²) in [7, 11) is -2.52. The molecule has 39 heavy (non-hydrogen) atoms. The molecule has 0 unspecified atom stereocenters. The average molecular weight is 530 g/mol. The van der Waals surface area contributed by atoms with E-state index in [0.29, 0.717) is 0 Å². The molecule has 0 atom stereocenters. The van der Waals surface area contributed by atoms with E-state index >= 15 is 0 Å². The van der Waals surface area contributed by atoms with Gasteiger partial charge in [-0.25, -0.2) is 0 Å². The van der Waals surface area contributed by atoms with Crippen molar-refractivity contribution in [1.29, 1.82) is 0 Å². The summed E-state index contributed by atoms with van der Waals surface area (Å²) in [5.74, 6) is 0. The van der Waals surface area contributed by atoms with Gasteiger partial charge in [0.1, 0.15) is 0 Å². The van der Waals surface area contributed by atoms with Crippen molar-refractivity contribution in [2.75, 3.05) is 0 Å². The zero-order chi connectivity index (χ0) is 25.6. The van der Waals surface area contributed by atoms with Crippen molar-refractivity contribution in [3.8, 4) is 16.8 Å². The Bertz CT molecular complexity index is 2020. The van der Waals surface area contributed by atoms with E-state index in [1.807, 2.05) is 11.8 Å². The summed E-state index contributed by atoms with van der Waals surface area (Å²) in [6.07, 6.45) is 0. The molecule has 2 aliphatic heterocycles. The minimum absolute atomic E-state index is 1.24. The first kappa shape index (κ1) is 21.6. The quantitative estimate of drug-likeness (QED) is 0.217. The third kappa shape index (κ3) is 2.71. The number of hydrogen-bond donors (Lipinski definition) is 0. The molecule has 2 aliphatic rings. The third-order valence-electron chi connectivity index (χ3n) is 8.67. The molecule has 1 aromatic heterocycles. The smallest absolute Gasteiger partial charge is 0.183 e. The van der Waals surface area contributed by atoms with Crippen LogP contribution in [0.2, 0.25) is 0 Å². The summed E-state index contributed by atoms with van der Waals surface area (Å²) in [6.45, 7) is 0. The number of hydrogen-bond acceptors (Lipinski definition) is 1. The fourth-order valence-corrected chi connectivity index (χ4v) is 14.6. The standard InChI is InChI=1S/C36H23NSSi/c1-4-14-29-25(11-1)26-12-2-5-15-30(26)37(29)24-21-22-28-27-13-3-8-18-33(27)39(36(28)23-24)34-19-9-6-16-31(34)38-32-17-7-10-20-35(32)39/h1-23H. The fraction of sp³-hybridized carbons (Fsp3) is 0. The summed E-state index contributed by atoms with van der Waals surface area (Å²) >= 11 is 1.93. The van der Waals surface area contributed by atoms with E-state index in [9.17, 15) is 0 Å². The van der Waals surface area contributed by atoms with Crippen LogP contribution in [0.15, 0.2) is 149 Å². The van der Waals surface area contributed by atoms with Crippen LogP contribution in [0.1, 0.15) is 0 Å². The van der Waals surface area contributed by atoms with Crippen LogP contribution in [0.5, 0.6) is 0 Å². The van der Waals surface area contributed by atoms with Gasteiger partial charge in [-0.3, -0.25) is 0 Å². The van der Waals surface area contributed by atoms with Crippen LogP contribution >= 0.6 is 11.8 Å². The maximum Gasteiger partial charge on any atom is 0.183 e. The first-order valence-electron chi connectivity index (χ1n) is 13.5. The first-order valence-corrected chi connectivity index (χ1v) is 16.3. The molecule has 0 radical (unpaired) electrons. The molecule has 1 spiro atoms. The van der Waals surface area contributed by atoms with E-state index in [0.717, 1.165) is 0 Å². The highest BCUT2D eigenvalue weighted by atomic mass is 32.2. The lowest BCUT2D eigenvalue weighted by atomic mass is 10.1. The van der Waals surface area contributed by atoms with E-state index in [4.69, 9.17) is 0 Å². The van der Waals surface area contributed by atoms with E-state index in [-0.39, 0.29) is 0 Å². The zero-order valence-electron chi connectivity index (χ0n) is 21.1. The number of benzene rings is 6. The van der Waals surface area contributed by atoms with Crippen molar-refractivity contribution in [1.82, 2.24) is 4.57 Å². The second kappa shape index (κ2) is 7.86. The van der Waals surface area contributed by atoms with Crippen molar-refractivity contribution in [3.05, 3.63) is 140 Å². The Kier molecular flexibility index (Phi) is 4.35. The van der Waals surface area contributed by atoms with Gasteiger partial charge in [-0.2, -0.15) is 0 Å². The molecule has 0 amide bonds. The van der Waals surface area contributed by atoms with Gasteiger partial charge in [0.05, 0.1) is 11.0 Å². The van der Waals surface area contributed by atoms with Gasteiger partial charge in [-0.05, 0) is 68.3 Å². The Labute approximate surface area is 232 Å². The molecule has 0 fully saturated rings. The van der Waals surface area contributed by atoms with Crippen molar-refractivity contribution >= 4 is 62.4 Å². The zero-order valence-corrected chi connectivity index (χ0v) is 23.0. The molecule has 1 nitrogen and oxygen atoms in total. The molecule has 3 heteroatoms. The van der Waals surface area contributed by atoms with Gasteiger partial charge >= 0.3 is 0 Å². The third-order valence-corrected chi connectivity index (χ3v) is 15.1. The Morgan fingerprint density at radius 1 is 0.436 bits per heavy atom. The molecular formula is C36H23NSSi. The van der Waals surface area contributed by atoms with E-state index in [1.165, 1.54) is 69.2 Å². The molecule has 182 valence electrons. The molecule has 0 saturated heterocycles. The molecule has 0 N–H and O–H groups in total. The van der Waals surface area contributed by atoms with E-state index in [2.05, 4.69) is 144 Å². The van der Waals surface area contributed by atoms with E-state index in [1.54, 1.807) is 0 Å². The number of para-hydroxylation sites is 2. The van der Waals surface area contributed by atoms with Gasteiger partial charge in [0, 0.05) is 26.3 Å². The van der Waals surface area contributed by atoms with Crippen LogP contribution in [0.4, 0.5) is 0 Å². The number of fused-ring (bicyclic) bond motifs is 12. The number of aromatic nitrogens is 1. The van der Waals surface area contributed by atoms with Crippen LogP contribution in [0.25, 0.3) is 38.6 Å². The highest BCUT2D eigenvalue weighted by Crippen LogP contribution is 2.39. The minimum atomic E-state index is -2.52. The predicted molar refractivity (Wildman–Crippen MR) is 168 cm³/mol. The lowest BCUT2D eigenvalue weighted by molar-refractivity contribution is 1.18. The molecule has 0 aliphatic carbocycles. The summed E-state index contributed by atoms with van der Waals surface area (Å²) in [5, 5.41) is 8.64. The van der Waals surface area contributed by atoms with Crippen LogP contribution < -0.4 is 20.7 Å². The molecule has 3 heterocycles. The van der Waals surface area contributed by atoms with Gasteiger partial charge in [0.25, 0.3) is 0 Å². The average Bonchev–Trinajstić information content (AvgIpc) is 3.48. The Hall–Kier alpha value is -4.31. The van der Waals surface area contributed by atoms with Gasteiger partial charge in [-0.15, -0.1) is 0 Å². The monoisotopic (exact) mass is 529 g/mol. The minimum Gasteiger partial charge on any atom is -0.309 e. The van der Waals surface area contributed by atoms with Gasteiger partial charge in [0.2, 0.25) is 0 Å². The predicted octanol–water partition coefficient (Wildman–Crippen LogP) is 6.61. The normalized spacial score (nSPS) is 14.3. The lowest BCUT2D eigenvalue weighted by Gasteiger charge is -2.37. The molecule has 0 saturated carbocycles. The highest BCUT2D eigenvalue weighted by molar-refractivity contribution is 8.00. The van der Waals surface area contributed by atoms with Gasteiger partial charge in [-0.1, -0.05) is 115 Å². The molecule has 7 aromatic rings. The van der Waals surface area contributed by atoms with Crippen LogP contribution in [-0.2, 0) is 0 Å². The fourth-order valence-electron chi connectivity index (χ4n) is 7.18. The Morgan fingerprint density at radius 2 is 0.949 bits per heavy atom. The number of rotatable bonds is 1. The second-order valence-electron chi connectivity index (χ2n) is 10.5. The number of nitrogens with zero attached hydrogens (tertiary/aromatic N) is 1. The van der Waals surface area contributed by atoms with E-state index < -0.39 is 8.07 Å². The van der Waals surface area contributed by atoms with Crippen molar-refractivity contribution < 1.29 is 0 Å². The molecular weight excluding hydrogens is 507 g/mol. The largest absolute Gasteiger partial charge is 0.309 e. The lowest BCUT2D eigenvalue weighted by Crippen LogP contribution is -2.74. The van der Waals surface area contributed by atoms with Crippen LogP contribution in [-0.4, -0.2) is 12.6 Å².